The van der Waals surface area contributed by atoms with Crippen molar-refractivity contribution < 1.29 is 9.32 Å². The van der Waals surface area contributed by atoms with Crippen LogP contribution < -0.4 is 5.32 Å². The lowest BCUT2D eigenvalue weighted by atomic mass is 10.1. The van der Waals surface area contributed by atoms with Crippen LogP contribution in [0.3, 0.4) is 0 Å². The lowest BCUT2D eigenvalue weighted by Crippen LogP contribution is -2.12. The molecule has 0 saturated carbocycles. The highest BCUT2D eigenvalue weighted by Gasteiger charge is 2.12. The molecule has 88 valence electrons. The van der Waals surface area contributed by atoms with Gasteiger partial charge in [0.1, 0.15) is 5.88 Å². The number of carbonyl (C=O) groups is 1. The fourth-order valence-electron chi connectivity index (χ4n) is 1.32. The van der Waals surface area contributed by atoms with Crippen LogP contribution in [0.25, 0.3) is 11.1 Å². The van der Waals surface area contributed by atoms with Gasteiger partial charge in [0.2, 0.25) is 11.8 Å². The summed E-state index contributed by atoms with van der Waals surface area (Å²) < 4.78 is 4.95. The van der Waals surface area contributed by atoms with Crippen molar-refractivity contribution in [1.82, 2.24) is 5.16 Å². The molecule has 0 aliphatic carbocycles. The van der Waals surface area contributed by atoms with E-state index in [-0.39, 0.29) is 17.7 Å². The van der Waals surface area contributed by atoms with Gasteiger partial charge >= 0.3 is 0 Å². The Balaban J connectivity index is 2.30. The van der Waals surface area contributed by atoms with E-state index in [2.05, 4.69) is 10.5 Å². The summed E-state index contributed by atoms with van der Waals surface area (Å²) in [6.07, 6.45) is 1.52. The number of nitrogens with zero attached hydrogens (tertiary/aromatic N) is 1. The van der Waals surface area contributed by atoms with E-state index in [0.717, 1.165) is 5.56 Å². The van der Waals surface area contributed by atoms with E-state index < -0.39 is 0 Å². The molecule has 17 heavy (non-hydrogen) atoms. The van der Waals surface area contributed by atoms with E-state index in [1.807, 2.05) is 12.1 Å². The maximum Gasteiger partial charge on any atom is 0.241 e. The first-order valence-corrected chi connectivity index (χ1v) is 5.68. The molecule has 1 amide bonds. The number of nitrogens with one attached hydrogen (secondary N) is 1. The van der Waals surface area contributed by atoms with Crippen molar-refractivity contribution in [1.29, 1.82) is 0 Å². The van der Waals surface area contributed by atoms with Crippen LogP contribution in [0.15, 0.2) is 35.0 Å². The molecule has 2 rings (SSSR count). The number of anilines is 1. The van der Waals surface area contributed by atoms with Gasteiger partial charge in [-0.1, -0.05) is 28.9 Å². The number of halogens is 2. The third-order valence-corrected chi connectivity index (χ3v) is 2.59. The molecule has 1 aromatic heterocycles. The van der Waals surface area contributed by atoms with Gasteiger partial charge in [-0.3, -0.25) is 10.1 Å². The van der Waals surface area contributed by atoms with Crippen LogP contribution in [0.2, 0.25) is 5.02 Å². The standard InChI is InChI=1S/C11H8Cl2N2O2/c12-5-10(16)15-11-9(6-14-17-11)7-1-3-8(13)4-2-7/h1-4,6H,5H2,(H,15,16). The second-order valence-electron chi connectivity index (χ2n) is 3.26. The highest BCUT2D eigenvalue weighted by Crippen LogP contribution is 2.28. The zero-order valence-corrected chi connectivity index (χ0v) is 10.1. The van der Waals surface area contributed by atoms with Crippen molar-refractivity contribution in [3.63, 3.8) is 0 Å². The number of carbonyl (C=O) groups excluding carboxylic acids is 1. The molecule has 0 saturated heterocycles. The third-order valence-electron chi connectivity index (χ3n) is 2.10. The number of amides is 1. The Morgan fingerprint density at radius 1 is 1.35 bits per heavy atom. The maximum absolute atomic E-state index is 11.2. The summed E-state index contributed by atoms with van der Waals surface area (Å²) in [7, 11) is 0. The summed E-state index contributed by atoms with van der Waals surface area (Å²) in [6, 6.07) is 7.12. The van der Waals surface area contributed by atoms with Crippen molar-refractivity contribution in [2.75, 3.05) is 11.2 Å². The SMILES string of the molecule is O=C(CCl)Nc1oncc1-c1ccc(Cl)cc1. The Bertz CT molecular complexity index is 523. The predicted molar refractivity (Wildman–Crippen MR) is 66.3 cm³/mol. The Labute approximate surface area is 108 Å². The number of benzene rings is 1. The van der Waals surface area contributed by atoms with Gasteiger partial charge in [-0.15, -0.1) is 11.6 Å². The smallest absolute Gasteiger partial charge is 0.241 e. The van der Waals surface area contributed by atoms with Crippen molar-refractivity contribution >= 4 is 35.0 Å². The van der Waals surface area contributed by atoms with Gasteiger partial charge in [0.25, 0.3) is 0 Å². The maximum atomic E-state index is 11.2. The first kappa shape index (κ1) is 12.0. The molecular formula is C11H8Cl2N2O2. The molecule has 0 fully saturated rings. The zero-order chi connectivity index (χ0) is 12.3. The first-order chi connectivity index (χ1) is 8.20. The number of alkyl halides is 1. The van der Waals surface area contributed by atoms with Crippen LogP contribution >= 0.6 is 23.2 Å². The predicted octanol–water partition coefficient (Wildman–Crippen LogP) is 3.17. The van der Waals surface area contributed by atoms with E-state index >= 15 is 0 Å². The van der Waals surface area contributed by atoms with Gasteiger partial charge < -0.3 is 4.52 Å². The molecule has 1 heterocycles. The molecule has 0 aliphatic heterocycles. The molecule has 0 unspecified atom stereocenters. The molecule has 0 atom stereocenters. The van der Waals surface area contributed by atoms with Gasteiger partial charge in [0.15, 0.2) is 0 Å². The molecule has 0 aliphatic rings. The van der Waals surface area contributed by atoms with Crippen LogP contribution in [0, 0.1) is 0 Å². The minimum absolute atomic E-state index is 0.138. The average molecular weight is 271 g/mol. The normalized spacial score (nSPS) is 10.2. The molecule has 1 N–H and O–H groups in total. The van der Waals surface area contributed by atoms with E-state index in [9.17, 15) is 4.79 Å². The van der Waals surface area contributed by atoms with Crippen molar-refractivity contribution in [2.24, 2.45) is 0 Å². The summed E-state index contributed by atoms with van der Waals surface area (Å²) in [4.78, 5) is 11.2. The van der Waals surface area contributed by atoms with E-state index in [1.165, 1.54) is 6.20 Å². The summed E-state index contributed by atoms with van der Waals surface area (Å²) >= 11 is 11.2. The van der Waals surface area contributed by atoms with E-state index in [4.69, 9.17) is 27.7 Å². The summed E-state index contributed by atoms with van der Waals surface area (Å²) in [5.74, 6) is -0.211. The van der Waals surface area contributed by atoms with Crippen LogP contribution in [0.5, 0.6) is 0 Å². The van der Waals surface area contributed by atoms with Crippen LogP contribution in [0.4, 0.5) is 5.88 Å². The topological polar surface area (TPSA) is 55.1 Å². The van der Waals surface area contributed by atoms with Gasteiger partial charge in [0.05, 0.1) is 11.8 Å². The molecule has 4 nitrogen and oxygen atoms in total. The molecule has 0 bridgehead atoms. The lowest BCUT2D eigenvalue weighted by molar-refractivity contribution is -0.114. The van der Waals surface area contributed by atoms with Crippen LogP contribution in [-0.2, 0) is 4.79 Å². The highest BCUT2D eigenvalue weighted by atomic mass is 35.5. The van der Waals surface area contributed by atoms with E-state index in [0.29, 0.717) is 10.6 Å². The summed E-state index contributed by atoms with van der Waals surface area (Å²) in [5, 5.41) is 6.80. The highest BCUT2D eigenvalue weighted by molar-refractivity contribution is 6.30. The van der Waals surface area contributed by atoms with Crippen molar-refractivity contribution in [2.45, 2.75) is 0 Å². The first-order valence-electron chi connectivity index (χ1n) is 4.77. The van der Waals surface area contributed by atoms with E-state index in [1.54, 1.807) is 12.1 Å². The zero-order valence-electron chi connectivity index (χ0n) is 8.61. The minimum atomic E-state index is -0.348. The second-order valence-corrected chi connectivity index (χ2v) is 3.96. The second kappa shape index (κ2) is 5.21. The molecule has 2 aromatic rings. The third kappa shape index (κ3) is 2.78. The Kier molecular flexibility index (Phi) is 3.66. The quantitative estimate of drug-likeness (QED) is 0.872. The van der Waals surface area contributed by atoms with Crippen LogP contribution in [0.1, 0.15) is 0 Å². The number of hydrogen-bond acceptors (Lipinski definition) is 3. The van der Waals surface area contributed by atoms with Crippen LogP contribution in [-0.4, -0.2) is 16.9 Å². The Hall–Kier alpha value is -1.52. The largest absolute Gasteiger partial charge is 0.338 e. The fourth-order valence-corrected chi connectivity index (χ4v) is 1.52. The number of hydrogen-bond donors (Lipinski definition) is 1. The number of aromatic nitrogens is 1. The van der Waals surface area contributed by atoms with Gasteiger partial charge in [-0.2, -0.15) is 0 Å². The fraction of sp³-hybridized carbons (Fsp3) is 0.0909. The van der Waals surface area contributed by atoms with Crippen molar-refractivity contribution in [3.05, 3.63) is 35.5 Å². The molecule has 0 radical (unpaired) electrons. The van der Waals surface area contributed by atoms with Gasteiger partial charge in [-0.25, -0.2) is 0 Å². The molecule has 0 spiro atoms. The average Bonchev–Trinajstić information content (AvgIpc) is 2.78. The van der Waals surface area contributed by atoms with Crippen molar-refractivity contribution in [3.8, 4) is 11.1 Å². The summed E-state index contributed by atoms with van der Waals surface area (Å²) in [5.41, 5.74) is 1.53. The minimum Gasteiger partial charge on any atom is -0.338 e. The van der Waals surface area contributed by atoms with Gasteiger partial charge in [-0.05, 0) is 17.7 Å². The molecule has 6 heteroatoms. The molecular weight excluding hydrogens is 263 g/mol. The summed E-state index contributed by atoms with van der Waals surface area (Å²) in [6.45, 7) is 0. The van der Waals surface area contributed by atoms with Gasteiger partial charge in [0, 0.05) is 5.02 Å². The molecule has 1 aromatic carbocycles. The monoisotopic (exact) mass is 270 g/mol. The Morgan fingerprint density at radius 2 is 2.06 bits per heavy atom. The lowest BCUT2D eigenvalue weighted by Gasteiger charge is -2.02. The Morgan fingerprint density at radius 3 is 2.71 bits per heavy atom. The number of rotatable bonds is 3.